The number of aliphatic hydroxyl groups is 15. The molecule has 0 spiro atoms. The van der Waals surface area contributed by atoms with Gasteiger partial charge in [0.25, 0.3) is 0 Å². The Morgan fingerprint density at radius 1 is 0.632 bits per heavy atom. The van der Waals surface area contributed by atoms with E-state index in [1.54, 1.807) is 0 Å². The number of carbonyl (C=O) groups is 2. The third kappa shape index (κ3) is 11.2. The monoisotopic (exact) mass is 1250 g/mol. The molecule has 87 heavy (non-hydrogen) atoms. The molecule has 0 radical (unpaired) electrons. The van der Waals surface area contributed by atoms with Gasteiger partial charge in [0, 0.05) is 12.3 Å². The molecular formula is C59H95NO27. The average Bonchev–Trinajstić information content (AvgIpc) is 0.962. The fourth-order valence-electron chi connectivity index (χ4n) is 17.6. The van der Waals surface area contributed by atoms with Crippen molar-refractivity contribution in [3.05, 3.63) is 11.6 Å². The second kappa shape index (κ2) is 24.6. The minimum atomic E-state index is -2.15. The number of allylic oxidation sites excluding steroid dienone is 1. The van der Waals surface area contributed by atoms with Gasteiger partial charge in [-0.2, -0.15) is 0 Å². The molecule has 10 rings (SSSR count). The number of rotatable bonds is 14. The van der Waals surface area contributed by atoms with Crippen molar-refractivity contribution in [2.45, 2.75) is 254 Å². The molecule has 10 aliphatic rings. The van der Waals surface area contributed by atoms with Gasteiger partial charge in [-0.3, -0.25) is 9.59 Å². The number of carbonyl (C=O) groups excluding carboxylic acids is 2. The smallest absolute Gasteiger partial charge is 0.317 e. The Kier molecular flexibility index (Phi) is 19.1. The third-order valence-corrected chi connectivity index (χ3v) is 23.0. The van der Waals surface area contributed by atoms with Crippen molar-refractivity contribution in [1.29, 1.82) is 0 Å². The van der Waals surface area contributed by atoms with Crippen LogP contribution in [0.3, 0.4) is 0 Å². The molecule has 16 N–H and O–H groups in total. The van der Waals surface area contributed by atoms with Crippen molar-refractivity contribution in [1.82, 2.24) is 5.32 Å². The maximum atomic E-state index is 15.4. The molecule has 5 aliphatic heterocycles. The van der Waals surface area contributed by atoms with E-state index in [9.17, 15) is 81.4 Å². The summed E-state index contributed by atoms with van der Waals surface area (Å²) in [5.74, 6) is -2.52. The molecule has 1 amide bonds. The lowest BCUT2D eigenvalue weighted by molar-refractivity contribution is -0.349. The first kappa shape index (κ1) is 67.6. The molecule has 5 saturated heterocycles. The predicted octanol–water partition coefficient (Wildman–Crippen LogP) is -4.21. The van der Waals surface area contributed by atoms with Crippen molar-refractivity contribution >= 4 is 11.9 Å². The molecule has 0 aromatic heterocycles. The number of hydrogen-bond donors (Lipinski definition) is 16. The molecule has 5 heterocycles. The molecule has 31 atom stereocenters. The molecule has 0 unspecified atom stereocenters. The lowest BCUT2D eigenvalue weighted by atomic mass is 9.32. The van der Waals surface area contributed by atoms with Gasteiger partial charge in [-0.05, 0) is 90.8 Å². The summed E-state index contributed by atoms with van der Waals surface area (Å²) in [6, 6.07) is -1.31. The number of esters is 1. The van der Waals surface area contributed by atoms with Gasteiger partial charge in [0.1, 0.15) is 96.4 Å². The number of aliphatic hydroxyl groups excluding tert-OH is 14. The Hall–Kier alpha value is -2.28. The highest BCUT2D eigenvalue weighted by atomic mass is 16.8. The fourth-order valence-corrected chi connectivity index (χ4v) is 17.6. The molecule has 28 nitrogen and oxygen atoms in total. The lowest BCUT2D eigenvalue weighted by Crippen LogP contribution is -2.73. The molecule has 9 fully saturated rings. The van der Waals surface area contributed by atoms with Crippen LogP contribution in [-0.2, 0) is 57.0 Å². The average molecular weight is 1250 g/mol. The summed E-state index contributed by atoms with van der Waals surface area (Å²) in [6.45, 7) is 12.2. The third-order valence-electron chi connectivity index (χ3n) is 23.0. The summed E-state index contributed by atoms with van der Waals surface area (Å²) in [4.78, 5) is 28.5. The first-order valence-electron chi connectivity index (χ1n) is 30.7. The van der Waals surface area contributed by atoms with Gasteiger partial charge >= 0.3 is 5.97 Å². The SMILES string of the molecule is CC(=O)N[C@H]1[C@H](O[C@H]2CC[C@]3(C)[C@H]4CC=C5[C@@H]6CC(C)(C)CC[C@]6(C(=O)O[C@@H]6O[C@H](CO)[C@@H](O)[C@H](O)[C@H]6O[C@@H]6OC[C@](O)(CO)[C@H]6O)[C@H](O)[C@H](O)[C@@]5(C)[C@]4(C)CC[C@H]3C2(C)C)O[C@H](CO[C@@H]2OC[C@H](O)[C@H](O)[C@H]2O)[C@@H](O)[C@@H]1O[C@@H]1OC[C@@H](O)[C@H](O)[C@H]1O. The molecular weight excluding hydrogens is 1150 g/mol. The van der Waals surface area contributed by atoms with Crippen molar-refractivity contribution in [2.75, 3.05) is 39.6 Å². The van der Waals surface area contributed by atoms with Crippen molar-refractivity contribution in [2.24, 2.45) is 50.2 Å². The molecule has 0 aromatic rings. The Labute approximate surface area is 504 Å². The summed E-state index contributed by atoms with van der Waals surface area (Å²) in [5, 5.41) is 168. The number of amides is 1. The van der Waals surface area contributed by atoms with Crippen molar-refractivity contribution in [3.8, 4) is 0 Å². The summed E-state index contributed by atoms with van der Waals surface area (Å²) in [6.07, 6.45) is -29.6. The van der Waals surface area contributed by atoms with E-state index < -0.39 is 225 Å². The van der Waals surface area contributed by atoms with E-state index in [1.165, 1.54) is 6.92 Å². The molecule has 498 valence electrons. The zero-order chi connectivity index (χ0) is 63.6. The highest BCUT2D eigenvalue weighted by molar-refractivity contribution is 5.80. The van der Waals surface area contributed by atoms with Crippen LogP contribution in [-0.4, -0.2) is 275 Å². The molecule has 0 aromatic carbocycles. The summed E-state index contributed by atoms with van der Waals surface area (Å²) < 4.78 is 60.1. The Morgan fingerprint density at radius 3 is 1.90 bits per heavy atom. The van der Waals surface area contributed by atoms with Crippen LogP contribution in [0.1, 0.15) is 107 Å². The lowest BCUT2D eigenvalue weighted by Gasteiger charge is -2.72. The van der Waals surface area contributed by atoms with Gasteiger partial charge in [0.05, 0.1) is 58.0 Å². The van der Waals surface area contributed by atoms with Crippen LogP contribution in [0, 0.1) is 50.2 Å². The van der Waals surface area contributed by atoms with E-state index in [1.807, 2.05) is 6.92 Å². The normalized spacial score (nSPS) is 52.9. The minimum Gasteiger partial charge on any atom is -0.432 e. The van der Waals surface area contributed by atoms with Gasteiger partial charge in [0.2, 0.25) is 12.2 Å². The minimum absolute atomic E-state index is 0.0510. The van der Waals surface area contributed by atoms with E-state index >= 15 is 4.79 Å². The van der Waals surface area contributed by atoms with Gasteiger partial charge in [0.15, 0.2) is 31.3 Å². The zero-order valence-corrected chi connectivity index (χ0v) is 50.6. The fraction of sp³-hybridized carbons (Fsp3) is 0.932. The Balaban J connectivity index is 0.928. The number of fused-ring (bicyclic) bond motifs is 7. The van der Waals surface area contributed by atoms with Crippen molar-refractivity contribution < 1.29 is 134 Å². The Bertz CT molecular complexity index is 2490. The zero-order valence-electron chi connectivity index (χ0n) is 50.6. The van der Waals surface area contributed by atoms with Gasteiger partial charge in [-0.15, -0.1) is 0 Å². The van der Waals surface area contributed by atoms with Crippen LogP contribution >= 0.6 is 0 Å². The maximum Gasteiger partial charge on any atom is 0.317 e. The number of hydrogen-bond acceptors (Lipinski definition) is 27. The molecule has 28 heteroatoms. The van der Waals surface area contributed by atoms with Crippen LogP contribution in [0.4, 0.5) is 0 Å². The predicted molar refractivity (Wildman–Crippen MR) is 292 cm³/mol. The van der Waals surface area contributed by atoms with E-state index in [0.29, 0.717) is 44.9 Å². The molecule has 5 aliphatic carbocycles. The van der Waals surface area contributed by atoms with Crippen molar-refractivity contribution in [3.63, 3.8) is 0 Å². The van der Waals surface area contributed by atoms with E-state index in [0.717, 1.165) is 5.57 Å². The second-order valence-electron chi connectivity index (χ2n) is 28.8. The highest BCUT2D eigenvalue weighted by Gasteiger charge is 2.75. The van der Waals surface area contributed by atoms with Crippen LogP contribution in [0.5, 0.6) is 0 Å². The van der Waals surface area contributed by atoms with E-state index in [2.05, 4.69) is 52.9 Å². The number of nitrogens with one attached hydrogen (secondary N) is 1. The van der Waals surface area contributed by atoms with E-state index in [4.69, 9.17) is 47.4 Å². The summed E-state index contributed by atoms with van der Waals surface area (Å²) in [5.41, 5.74) is -6.59. The second-order valence-corrected chi connectivity index (χ2v) is 28.8. The van der Waals surface area contributed by atoms with Crippen LogP contribution in [0.15, 0.2) is 11.6 Å². The highest BCUT2D eigenvalue weighted by Crippen LogP contribution is 2.76. The molecule has 4 saturated carbocycles. The molecule has 0 bridgehead atoms. The first-order chi connectivity index (χ1) is 40.7. The summed E-state index contributed by atoms with van der Waals surface area (Å²) >= 11 is 0. The largest absolute Gasteiger partial charge is 0.432 e. The standard InChI is InChI=1S/C59H95NO27/c1-24(63)60-34-42(85-49-41(72)36(67)28(65)20-79-49)38(69)30(21-80-48-40(71)35(66)27(64)19-78-48)83-47(34)84-33-12-13-55(6)31(54(33,4)5)11-14-56(7)32(55)10-9-25-26-17-53(2,3)15-16-59(26,45(74)44(73)57(25,56)8)52(76)87-50-43(39(70)37(68)29(18-61)82-50)86-51-46(75)58(77,22-62)23-81-51/h9,26-51,61-62,64-75,77H,10-23H2,1-8H3,(H,60,63)/t26-,27-,28+,29+,30+,31-,32+,33-,34+,35-,36-,37+,38+,39-,40+,41+,42+,43+,44-,45+,46-,47-,48-,49-,50-,51-,55-,56+,57-,58+,59+/m0/s1. The van der Waals surface area contributed by atoms with Crippen LogP contribution in [0.2, 0.25) is 0 Å². The first-order valence-corrected chi connectivity index (χ1v) is 30.7. The summed E-state index contributed by atoms with van der Waals surface area (Å²) in [7, 11) is 0. The van der Waals surface area contributed by atoms with E-state index in [-0.39, 0.29) is 30.3 Å². The quantitative estimate of drug-likeness (QED) is 0.0445. The topological polar surface area (TPSA) is 442 Å². The Morgan fingerprint density at radius 2 is 1.26 bits per heavy atom. The number of ether oxygens (including phenoxy) is 10. The van der Waals surface area contributed by atoms with Crippen LogP contribution < -0.4 is 5.32 Å². The maximum absolute atomic E-state index is 15.4. The van der Waals surface area contributed by atoms with Gasteiger partial charge in [-0.25, -0.2) is 0 Å². The van der Waals surface area contributed by atoms with Gasteiger partial charge < -0.3 is 129 Å². The van der Waals surface area contributed by atoms with Gasteiger partial charge in [-0.1, -0.05) is 60.1 Å². The van der Waals surface area contributed by atoms with Crippen LogP contribution in [0.25, 0.3) is 0 Å².